The molecule has 5 fully saturated rings. The molecule has 0 aromatic rings. The average molecular weight is 581 g/mol. The minimum atomic E-state index is -0.607. The van der Waals surface area contributed by atoms with Crippen molar-refractivity contribution in [3.8, 4) is 0 Å². The molecule has 1 unspecified atom stereocenters. The topological polar surface area (TPSA) is 86.7 Å². The fourth-order valence-electron chi connectivity index (χ4n) is 12.0. The van der Waals surface area contributed by atoms with E-state index in [4.69, 9.17) is 0 Å². The Balaban J connectivity index is 1.36. The smallest absolute Gasteiger partial charge is 0.252 e. The maximum absolute atomic E-state index is 14.6. The molecule has 5 saturated carbocycles. The van der Waals surface area contributed by atoms with Gasteiger partial charge in [0, 0.05) is 24.3 Å². The first-order valence-electron chi connectivity index (χ1n) is 17.0. The Kier molecular flexibility index (Phi) is 6.80. The van der Waals surface area contributed by atoms with Crippen LogP contribution in [0.25, 0.3) is 0 Å². The fraction of sp³-hybridized carbons (Fsp3) is 0.861. The van der Waals surface area contributed by atoms with E-state index in [1.54, 1.807) is 6.92 Å². The van der Waals surface area contributed by atoms with Gasteiger partial charge in [0.05, 0.1) is 6.04 Å². The van der Waals surface area contributed by atoms with Crippen LogP contribution in [0.1, 0.15) is 132 Å². The largest absolute Gasteiger partial charge is 0.353 e. The van der Waals surface area contributed by atoms with Crippen molar-refractivity contribution in [1.29, 1.82) is 0 Å². The number of carbonyl (C=O) groups is 3. The van der Waals surface area contributed by atoms with E-state index in [0.717, 1.165) is 75.7 Å². The third kappa shape index (κ3) is 3.94. The number of hydrogen-bond donors (Lipinski definition) is 2. The zero-order valence-electron chi connectivity index (χ0n) is 27.6. The number of hydroxylamine groups is 2. The van der Waals surface area contributed by atoms with Gasteiger partial charge in [-0.3, -0.25) is 19.6 Å². The summed E-state index contributed by atoms with van der Waals surface area (Å²) in [4.78, 5) is 40.4. The molecule has 42 heavy (non-hydrogen) atoms. The summed E-state index contributed by atoms with van der Waals surface area (Å²) in [5.74, 6) is 0.719. The van der Waals surface area contributed by atoms with E-state index in [-0.39, 0.29) is 62.8 Å². The molecule has 234 valence electrons. The van der Waals surface area contributed by atoms with Gasteiger partial charge in [0.2, 0.25) is 5.91 Å². The van der Waals surface area contributed by atoms with Crippen LogP contribution in [0.5, 0.6) is 0 Å². The number of rotatable bonds is 3. The monoisotopic (exact) mass is 580 g/mol. The quantitative estimate of drug-likeness (QED) is 0.272. The highest BCUT2D eigenvalue weighted by molar-refractivity contribution is 5.95. The first-order chi connectivity index (χ1) is 19.4. The van der Waals surface area contributed by atoms with Gasteiger partial charge in [-0.25, -0.2) is 5.06 Å². The Morgan fingerprint density at radius 2 is 1.57 bits per heavy atom. The molecule has 0 spiro atoms. The predicted molar refractivity (Wildman–Crippen MR) is 163 cm³/mol. The highest BCUT2D eigenvalue weighted by atomic mass is 16.5. The van der Waals surface area contributed by atoms with Crippen molar-refractivity contribution < 1.29 is 19.6 Å². The molecule has 0 heterocycles. The second-order valence-electron chi connectivity index (χ2n) is 17.6. The zero-order chi connectivity index (χ0) is 30.7. The Labute approximate surface area is 253 Å². The summed E-state index contributed by atoms with van der Waals surface area (Å²) in [7, 11) is 0. The molecule has 2 amide bonds. The second kappa shape index (κ2) is 9.41. The van der Waals surface area contributed by atoms with E-state index in [9.17, 15) is 19.6 Å². The van der Waals surface area contributed by atoms with Gasteiger partial charge in [-0.1, -0.05) is 54.0 Å². The Morgan fingerprint density at radius 1 is 0.905 bits per heavy atom. The summed E-state index contributed by atoms with van der Waals surface area (Å²) in [6.07, 6.45) is 13.6. The number of ketones is 1. The summed E-state index contributed by atoms with van der Waals surface area (Å²) in [5.41, 5.74) is 0.320. The minimum absolute atomic E-state index is 0.0321. The Hall–Kier alpha value is -1.69. The van der Waals surface area contributed by atoms with Crippen molar-refractivity contribution in [2.75, 3.05) is 0 Å². The van der Waals surface area contributed by atoms with Crippen LogP contribution in [0.3, 0.4) is 0 Å². The van der Waals surface area contributed by atoms with Gasteiger partial charge in [0.15, 0.2) is 5.78 Å². The number of carbonyl (C=O) groups excluding carboxylic acids is 3. The summed E-state index contributed by atoms with van der Waals surface area (Å²) in [6, 6.07) is 0.104. The van der Waals surface area contributed by atoms with Gasteiger partial charge in [-0.15, -0.1) is 0 Å². The maximum atomic E-state index is 14.6. The van der Waals surface area contributed by atoms with Crippen LogP contribution in [-0.4, -0.2) is 40.0 Å². The molecule has 0 aromatic heterocycles. The third-order valence-electron chi connectivity index (χ3n) is 15.1. The molecule has 6 nitrogen and oxygen atoms in total. The van der Waals surface area contributed by atoms with Crippen LogP contribution in [0.4, 0.5) is 0 Å². The molecule has 6 aliphatic rings. The molecular formula is C36H56N2O4. The van der Waals surface area contributed by atoms with E-state index in [1.165, 1.54) is 5.57 Å². The number of fused-ring (bicyclic) bond motifs is 7. The van der Waals surface area contributed by atoms with Crippen molar-refractivity contribution >= 4 is 17.6 Å². The van der Waals surface area contributed by atoms with Crippen molar-refractivity contribution in [3.05, 3.63) is 11.6 Å². The van der Waals surface area contributed by atoms with Gasteiger partial charge in [-0.2, -0.15) is 0 Å². The minimum Gasteiger partial charge on any atom is -0.353 e. The number of nitrogens with zero attached hydrogens (tertiary/aromatic N) is 1. The molecule has 0 bridgehead atoms. The number of nitrogens with one attached hydrogen (secondary N) is 1. The lowest BCUT2D eigenvalue weighted by molar-refractivity contribution is -0.201. The van der Waals surface area contributed by atoms with E-state index in [0.29, 0.717) is 18.1 Å². The summed E-state index contributed by atoms with van der Waals surface area (Å²) < 4.78 is 0. The van der Waals surface area contributed by atoms with E-state index in [1.807, 2.05) is 0 Å². The molecule has 6 aliphatic carbocycles. The molecule has 6 heteroatoms. The number of hydrogen-bond acceptors (Lipinski definition) is 4. The summed E-state index contributed by atoms with van der Waals surface area (Å²) >= 11 is 0. The Bertz CT molecular complexity index is 1220. The first kappa shape index (κ1) is 30.3. The van der Waals surface area contributed by atoms with Crippen LogP contribution in [0, 0.1) is 50.2 Å². The van der Waals surface area contributed by atoms with Crippen molar-refractivity contribution in [3.63, 3.8) is 0 Å². The number of amides is 2. The van der Waals surface area contributed by atoms with Crippen molar-refractivity contribution in [1.82, 2.24) is 10.4 Å². The Morgan fingerprint density at radius 3 is 2.19 bits per heavy atom. The molecule has 9 atom stereocenters. The zero-order valence-corrected chi connectivity index (χ0v) is 27.6. The van der Waals surface area contributed by atoms with Gasteiger partial charge in [0.1, 0.15) is 0 Å². The van der Waals surface area contributed by atoms with Crippen LogP contribution in [-0.2, 0) is 14.4 Å². The van der Waals surface area contributed by atoms with Gasteiger partial charge in [-0.05, 0) is 122 Å². The van der Waals surface area contributed by atoms with Gasteiger partial charge in [0.25, 0.3) is 5.91 Å². The second-order valence-corrected chi connectivity index (χ2v) is 17.6. The van der Waals surface area contributed by atoms with Crippen LogP contribution in [0.15, 0.2) is 11.6 Å². The SMILES string of the molecule is CC(=O)N[C@H]1CC[C@@]2(C)C(CC[C@]3(C)[C@@H]2C(=O)C=C2[C@@H]4C[C@@](C)(C(=O)N(O)C5CCC5)CC[C@]4(C)CC[C@]23C)C1(C)C. The van der Waals surface area contributed by atoms with Crippen LogP contribution in [0.2, 0.25) is 0 Å². The lowest BCUT2D eigenvalue weighted by Crippen LogP contribution is -2.67. The summed E-state index contributed by atoms with van der Waals surface area (Å²) in [6.45, 7) is 18.0. The summed E-state index contributed by atoms with van der Waals surface area (Å²) in [5, 5.41) is 15.2. The highest BCUT2D eigenvalue weighted by Crippen LogP contribution is 2.75. The molecule has 0 aliphatic heterocycles. The highest BCUT2D eigenvalue weighted by Gasteiger charge is 2.70. The normalized spacial score (nSPS) is 47.9. The van der Waals surface area contributed by atoms with Gasteiger partial charge >= 0.3 is 0 Å². The molecule has 6 rings (SSSR count). The third-order valence-corrected chi connectivity index (χ3v) is 15.1. The average Bonchev–Trinajstić information content (AvgIpc) is 2.86. The lowest BCUT2D eigenvalue weighted by Gasteiger charge is -2.70. The van der Waals surface area contributed by atoms with Crippen molar-refractivity contribution in [2.24, 2.45) is 50.2 Å². The van der Waals surface area contributed by atoms with E-state index in [2.05, 4.69) is 59.9 Å². The predicted octanol–water partition coefficient (Wildman–Crippen LogP) is 7.24. The molecule has 0 aromatic carbocycles. The molecule has 0 radical (unpaired) electrons. The van der Waals surface area contributed by atoms with Gasteiger partial charge < -0.3 is 5.32 Å². The number of allylic oxidation sites excluding steroid dienone is 2. The molecule has 0 saturated heterocycles. The fourth-order valence-corrected chi connectivity index (χ4v) is 12.0. The molecule has 2 N–H and O–H groups in total. The van der Waals surface area contributed by atoms with Crippen LogP contribution < -0.4 is 5.32 Å². The van der Waals surface area contributed by atoms with Crippen LogP contribution >= 0.6 is 0 Å². The van der Waals surface area contributed by atoms with Crippen molar-refractivity contribution in [2.45, 2.75) is 145 Å². The van der Waals surface area contributed by atoms with E-state index < -0.39 is 5.41 Å². The molecular weight excluding hydrogens is 524 g/mol. The first-order valence-corrected chi connectivity index (χ1v) is 17.0. The maximum Gasteiger partial charge on any atom is 0.252 e. The van der Waals surface area contributed by atoms with E-state index >= 15 is 0 Å². The standard InChI is InChI=1S/C36H56N2O4/c1-22(39)37-28-13-14-34(6)27(31(28,2)3)12-15-36(8)29(34)26(40)20-24-25-21-33(5,30(41)38(42)23-10-9-11-23)17-16-32(25,4)18-19-35(24,36)7/h20,23,25,27-29,42H,9-19,21H2,1-8H3,(H,37,39)/t25-,27?,28-,29+,32+,33-,34-,35+,36+/m0/s1. The lowest BCUT2D eigenvalue weighted by atomic mass is 9.33.